The average molecular weight is 502 g/mol. The van der Waals surface area contributed by atoms with Crippen LogP contribution in [0.3, 0.4) is 0 Å². The monoisotopic (exact) mass is 501 g/mol. The molecule has 0 aliphatic rings. The van der Waals surface area contributed by atoms with Crippen LogP contribution in [0.25, 0.3) is 0 Å². The molecule has 0 aliphatic carbocycles. The number of rotatable bonds is 9. The van der Waals surface area contributed by atoms with Crippen molar-refractivity contribution < 1.29 is 17.9 Å². The van der Waals surface area contributed by atoms with Crippen molar-refractivity contribution in [1.82, 2.24) is 4.98 Å². The summed E-state index contributed by atoms with van der Waals surface area (Å²) < 4.78 is 31.7. The lowest BCUT2D eigenvalue weighted by Crippen LogP contribution is -2.29. The number of hydrogen-bond donors (Lipinski definition) is 1. The third kappa shape index (κ3) is 6.28. The summed E-state index contributed by atoms with van der Waals surface area (Å²) in [5, 5.41) is 2.90. The van der Waals surface area contributed by atoms with E-state index in [0.717, 1.165) is 23.8 Å². The Labute approximate surface area is 211 Å². The van der Waals surface area contributed by atoms with E-state index in [1.807, 2.05) is 36.4 Å². The number of nitrogens with one attached hydrogen (secondary N) is 1. The normalized spacial score (nSPS) is 11.1. The molecule has 1 aromatic heterocycles. The van der Waals surface area contributed by atoms with Crippen LogP contribution in [0.15, 0.2) is 97.3 Å². The van der Waals surface area contributed by atoms with Crippen LogP contribution in [0.1, 0.15) is 27.0 Å². The van der Waals surface area contributed by atoms with Gasteiger partial charge < -0.3 is 10.1 Å². The van der Waals surface area contributed by atoms with Crippen LogP contribution in [0, 0.1) is 0 Å². The van der Waals surface area contributed by atoms with Crippen molar-refractivity contribution >= 4 is 27.3 Å². The molecule has 0 bridgehead atoms. The zero-order chi connectivity index (χ0) is 25.5. The van der Waals surface area contributed by atoms with Gasteiger partial charge in [0, 0.05) is 23.6 Å². The summed E-state index contributed by atoms with van der Waals surface area (Å²) in [7, 11) is -2.07. The van der Waals surface area contributed by atoms with E-state index >= 15 is 0 Å². The largest absolute Gasteiger partial charge is 0.495 e. The zero-order valence-corrected chi connectivity index (χ0v) is 20.9. The molecule has 0 unspecified atom stereocenters. The molecule has 0 saturated heterocycles. The van der Waals surface area contributed by atoms with Crippen molar-refractivity contribution in [2.75, 3.05) is 23.0 Å². The van der Waals surface area contributed by atoms with Crippen molar-refractivity contribution in [3.63, 3.8) is 0 Å². The number of anilines is 2. The first-order valence-corrected chi connectivity index (χ1v) is 13.2. The maximum atomic E-state index is 12.7. The fourth-order valence-corrected chi connectivity index (χ4v) is 4.68. The van der Waals surface area contributed by atoms with Crippen LogP contribution in [-0.4, -0.2) is 32.7 Å². The van der Waals surface area contributed by atoms with Gasteiger partial charge in [-0.25, -0.2) is 8.42 Å². The number of aromatic nitrogens is 1. The van der Waals surface area contributed by atoms with Crippen molar-refractivity contribution in [2.24, 2.45) is 0 Å². The first kappa shape index (κ1) is 24.9. The summed E-state index contributed by atoms with van der Waals surface area (Å²) in [6.45, 7) is 0.111. The third-order valence-electron chi connectivity index (χ3n) is 5.67. The Kier molecular flexibility index (Phi) is 7.65. The van der Waals surface area contributed by atoms with Gasteiger partial charge in [-0.1, -0.05) is 36.4 Å². The Morgan fingerprint density at radius 3 is 2.11 bits per heavy atom. The van der Waals surface area contributed by atoms with E-state index in [9.17, 15) is 13.2 Å². The molecule has 1 N–H and O–H groups in total. The molecule has 3 aromatic carbocycles. The molecular formula is C28H27N3O4S. The lowest BCUT2D eigenvalue weighted by Gasteiger charge is -2.24. The van der Waals surface area contributed by atoms with Gasteiger partial charge in [0.25, 0.3) is 5.91 Å². The van der Waals surface area contributed by atoms with Gasteiger partial charge in [0.15, 0.2) is 0 Å². The fourth-order valence-electron chi connectivity index (χ4n) is 3.79. The lowest BCUT2D eigenvalue weighted by molar-refractivity contribution is 0.102. The van der Waals surface area contributed by atoms with E-state index < -0.39 is 10.0 Å². The van der Waals surface area contributed by atoms with Gasteiger partial charge in [0.05, 0.1) is 25.6 Å². The number of pyridine rings is 1. The minimum absolute atomic E-state index is 0.111. The number of sulfonamides is 1. The van der Waals surface area contributed by atoms with Gasteiger partial charge in [-0.15, -0.1) is 0 Å². The third-order valence-corrected chi connectivity index (χ3v) is 6.79. The van der Waals surface area contributed by atoms with Crippen molar-refractivity contribution in [1.29, 1.82) is 0 Å². The van der Waals surface area contributed by atoms with E-state index in [1.165, 1.54) is 17.0 Å². The summed E-state index contributed by atoms with van der Waals surface area (Å²) in [5.41, 5.74) is 4.67. The molecule has 4 aromatic rings. The number of benzene rings is 3. The Morgan fingerprint density at radius 1 is 0.861 bits per heavy atom. The van der Waals surface area contributed by atoms with E-state index in [4.69, 9.17) is 4.74 Å². The summed E-state index contributed by atoms with van der Waals surface area (Å²) >= 11 is 0. The maximum Gasteiger partial charge on any atom is 0.255 e. The Balaban J connectivity index is 1.43. The highest BCUT2D eigenvalue weighted by atomic mass is 32.2. The van der Waals surface area contributed by atoms with Gasteiger partial charge in [0.2, 0.25) is 10.0 Å². The second-order valence-electron chi connectivity index (χ2n) is 8.32. The minimum atomic E-state index is -3.57. The average Bonchev–Trinajstić information content (AvgIpc) is 2.88. The molecule has 0 saturated carbocycles. The smallest absolute Gasteiger partial charge is 0.255 e. The highest BCUT2D eigenvalue weighted by Crippen LogP contribution is 2.31. The van der Waals surface area contributed by atoms with Crippen LogP contribution >= 0.6 is 0 Å². The van der Waals surface area contributed by atoms with Crippen molar-refractivity contribution in [3.8, 4) is 5.75 Å². The van der Waals surface area contributed by atoms with Crippen LogP contribution < -0.4 is 14.4 Å². The summed E-state index contributed by atoms with van der Waals surface area (Å²) in [6.07, 6.45) is 5.49. The highest BCUT2D eigenvalue weighted by molar-refractivity contribution is 7.92. The summed E-state index contributed by atoms with van der Waals surface area (Å²) in [5.74, 6) is 0.221. The van der Waals surface area contributed by atoms with Crippen LogP contribution in [0.4, 0.5) is 11.4 Å². The van der Waals surface area contributed by atoms with Crippen LogP contribution in [0.2, 0.25) is 0 Å². The molecule has 8 heteroatoms. The topological polar surface area (TPSA) is 88.6 Å². The van der Waals surface area contributed by atoms with Gasteiger partial charge in [-0.3, -0.25) is 14.1 Å². The van der Waals surface area contributed by atoms with Crippen LogP contribution in [0.5, 0.6) is 5.75 Å². The standard InChI is InChI=1S/C28H27N3O4S/c1-35-27-6-4-3-5-26(27)31(36(2,33)34)20-23-7-11-24(12-8-23)28(32)30-25-13-9-21(10-14-25)19-22-15-17-29-18-16-22/h3-18H,19-20H2,1-2H3,(H,30,32). The predicted molar refractivity (Wildman–Crippen MR) is 142 cm³/mol. The number of methoxy groups -OCH3 is 1. The van der Waals surface area contributed by atoms with Crippen LogP contribution in [-0.2, 0) is 23.0 Å². The van der Waals surface area contributed by atoms with Crippen molar-refractivity contribution in [3.05, 3.63) is 120 Å². The zero-order valence-electron chi connectivity index (χ0n) is 20.1. The summed E-state index contributed by atoms with van der Waals surface area (Å²) in [4.78, 5) is 16.8. The summed E-state index contributed by atoms with van der Waals surface area (Å²) in [6, 6.07) is 25.5. The number of carbonyl (C=O) groups excluding carboxylic acids is 1. The molecule has 7 nitrogen and oxygen atoms in total. The number of hydrogen-bond acceptors (Lipinski definition) is 5. The quantitative estimate of drug-likeness (QED) is 0.352. The number of nitrogens with zero attached hydrogens (tertiary/aromatic N) is 2. The Bertz CT molecular complexity index is 1420. The van der Waals surface area contributed by atoms with Gasteiger partial charge >= 0.3 is 0 Å². The van der Waals surface area contributed by atoms with Gasteiger partial charge in [-0.05, 0) is 71.6 Å². The second-order valence-corrected chi connectivity index (χ2v) is 10.2. The van der Waals surface area contributed by atoms with Gasteiger partial charge in [0.1, 0.15) is 5.75 Å². The fraction of sp³-hybridized carbons (Fsp3) is 0.143. The molecule has 4 rings (SSSR count). The predicted octanol–water partition coefficient (Wildman–Crippen LogP) is 4.90. The Morgan fingerprint density at radius 2 is 1.47 bits per heavy atom. The van der Waals surface area contributed by atoms with Crippen molar-refractivity contribution in [2.45, 2.75) is 13.0 Å². The SMILES string of the molecule is COc1ccccc1N(Cc1ccc(C(=O)Nc2ccc(Cc3ccncc3)cc2)cc1)S(C)(=O)=O. The van der Waals surface area contributed by atoms with E-state index in [1.54, 1.807) is 60.9 Å². The number of carbonyl (C=O) groups is 1. The number of amides is 1. The Hall–Kier alpha value is -4.17. The first-order chi connectivity index (χ1) is 17.3. The molecule has 0 fully saturated rings. The first-order valence-electron chi connectivity index (χ1n) is 11.3. The minimum Gasteiger partial charge on any atom is -0.495 e. The van der Waals surface area contributed by atoms with E-state index in [2.05, 4.69) is 10.3 Å². The molecule has 36 heavy (non-hydrogen) atoms. The molecule has 1 amide bonds. The molecule has 0 spiro atoms. The van der Waals surface area contributed by atoms with Gasteiger partial charge in [-0.2, -0.15) is 0 Å². The second kappa shape index (κ2) is 11.0. The molecule has 0 aliphatic heterocycles. The molecular weight excluding hydrogens is 474 g/mol. The maximum absolute atomic E-state index is 12.7. The number of para-hydroxylation sites is 2. The molecule has 184 valence electrons. The van der Waals surface area contributed by atoms with E-state index in [0.29, 0.717) is 22.7 Å². The molecule has 0 radical (unpaired) electrons. The highest BCUT2D eigenvalue weighted by Gasteiger charge is 2.21. The van der Waals surface area contributed by atoms with E-state index in [-0.39, 0.29) is 12.5 Å². The lowest BCUT2D eigenvalue weighted by atomic mass is 10.1. The molecule has 0 atom stereocenters. The molecule has 1 heterocycles. The number of ether oxygens (including phenoxy) is 1.